The number of hydrogen-bond acceptors (Lipinski definition) is 4. The first kappa shape index (κ1) is 22.9. The Labute approximate surface area is 187 Å². The summed E-state index contributed by atoms with van der Waals surface area (Å²) < 4.78 is 14.9. The summed E-state index contributed by atoms with van der Waals surface area (Å²) in [5.41, 5.74) is -0.315. The molecule has 0 saturated heterocycles. The summed E-state index contributed by atoms with van der Waals surface area (Å²) in [7, 11) is 0. The molecule has 3 aromatic rings. The van der Waals surface area contributed by atoms with E-state index in [1.54, 1.807) is 56.6 Å². The summed E-state index contributed by atoms with van der Waals surface area (Å²) in [4.78, 5) is 8.09. The lowest BCUT2D eigenvalue weighted by Crippen LogP contribution is -2.41. The van der Waals surface area contributed by atoms with Crippen molar-refractivity contribution in [3.8, 4) is 17.2 Å². The van der Waals surface area contributed by atoms with E-state index < -0.39 is 22.2 Å². The van der Waals surface area contributed by atoms with Gasteiger partial charge in [0.2, 0.25) is 0 Å². The smallest absolute Gasteiger partial charge is 0.131 e. The molecule has 0 radical (unpaired) electrons. The maximum absolute atomic E-state index is 14.9. The zero-order chi connectivity index (χ0) is 23.0. The molecule has 0 bridgehead atoms. The van der Waals surface area contributed by atoms with Gasteiger partial charge in [0.1, 0.15) is 17.7 Å². The average molecular weight is 438 g/mol. The van der Waals surface area contributed by atoms with Gasteiger partial charge in [0.15, 0.2) is 0 Å². The number of nitriles is 1. The van der Waals surface area contributed by atoms with Crippen molar-refractivity contribution in [3.63, 3.8) is 0 Å². The molecule has 1 heterocycles. The highest BCUT2D eigenvalue weighted by molar-refractivity contribution is 6.31. The highest BCUT2D eigenvalue weighted by Crippen LogP contribution is 2.47. The van der Waals surface area contributed by atoms with E-state index >= 15 is 0 Å². The Balaban J connectivity index is 2.11. The quantitative estimate of drug-likeness (QED) is 0.541. The summed E-state index contributed by atoms with van der Waals surface area (Å²) in [6.45, 7) is 9.19. The van der Waals surface area contributed by atoms with Gasteiger partial charge in [-0.25, -0.2) is 14.4 Å². The van der Waals surface area contributed by atoms with E-state index in [0.717, 1.165) is 0 Å². The van der Waals surface area contributed by atoms with Crippen LogP contribution in [0.4, 0.5) is 4.39 Å². The van der Waals surface area contributed by atoms with Crippen molar-refractivity contribution in [1.29, 1.82) is 5.26 Å². The molecule has 1 atom stereocenters. The first-order chi connectivity index (χ1) is 14.4. The molecule has 1 N–H and O–H groups in total. The summed E-state index contributed by atoms with van der Waals surface area (Å²) >= 11 is 6.63. The molecule has 3 rings (SSSR count). The Kier molecular flexibility index (Phi) is 5.92. The lowest BCUT2D eigenvalue weighted by atomic mass is 9.69. The summed E-state index contributed by atoms with van der Waals surface area (Å²) in [6, 6.07) is 12.0. The van der Waals surface area contributed by atoms with Gasteiger partial charge < -0.3 is 5.11 Å². The Morgan fingerprint density at radius 1 is 0.968 bits per heavy atom. The number of aliphatic hydroxyl groups is 1. The van der Waals surface area contributed by atoms with Crippen LogP contribution in [0.15, 0.2) is 55.1 Å². The second kappa shape index (κ2) is 8.03. The average Bonchev–Trinajstić information content (AvgIpc) is 2.72. The van der Waals surface area contributed by atoms with Gasteiger partial charge in [-0.2, -0.15) is 5.26 Å². The highest BCUT2D eigenvalue weighted by atomic mass is 35.5. The van der Waals surface area contributed by atoms with Gasteiger partial charge in [0.05, 0.1) is 11.5 Å². The Morgan fingerprint density at radius 2 is 1.61 bits per heavy atom. The van der Waals surface area contributed by atoms with Gasteiger partial charge in [-0.15, -0.1) is 0 Å². The van der Waals surface area contributed by atoms with E-state index in [9.17, 15) is 14.8 Å². The normalized spacial score (nSPS) is 14.0. The molecule has 0 saturated carbocycles. The Bertz CT molecular complexity index is 1150. The predicted molar refractivity (Wildman–Crippen MR) is 120 cm³/mol. The van der Waals surface area contributed by atoms with Crippen molar-refractivity contribution in [2.45, 2.75) is 45.6 Å². The number of hydrogen-bond donors (Lipinski definition) is 1. The number of nitrogens with zero attached hydrogens (tertiary/aromatic N) is 3. The molecule has 2 aromatic carbocycles. The molecule has 0 aliphatic carbocycles. The monoisotopic (exact) mass is 437 g/mol. The highest BCUT2D eigenvalue weighted by Gasteiger charge is 2.45. The second-order valence-electron chi connectivity index (χ2n) is 9.21. The maximum Gasteiger partial charge on any atom is 0.131 e. The van der Waals surface area contributed by atoms with Gasteiger partial charge in [-0.1, -0.05) is 56.6 Å². The van der Waals surface area contributed by atoms with E-state index in [-0.39, 0.29) is 0 Å². The lowest BCUT2D eigenvalue weighted by Gasteiger charge is -2.41. The van der Waals surface area contributed by atoms with Crippen LogP contribution in [0.5, 0.6) is 0 Å². The van der Waals surface area contributed by atoms with Crippen LogP contribution in [0.1, 0.15) is 51.3 Å². The topological polar surface area (TPSA) is 69.8 Å². The van der Waals surface area contributed by atoms with Crippen molar-refractivity contribution in [2.24, 2.45) is 5.41 Å². The van der Waals surface area contributed by atoms with Gasteiger partial charge in [-0.3, -0.25) is 0 Å². The fourth-order valence-corrected chi connectivity index (χ4v) is 3.97. The van der Waals surface area contributed by atoms with Gasteiger partial charge in [0, 0.05) is 34.1 Å². The molecule has 0 aliphatic rings. The summed E-state index contributed by atoms with van der Waals surface area (Å²) in [5, 5.41) is 21.4. The minimum Gasteiger partial charge on any atom is -0.380 e. The van der Waals surface area contributed by atoms with Crippen molar-refractivity contribution in [2.75, 3.05) is 0 Å². The molecule has 0 spiro atoms. The standard InChI is InChI=1S/C25H25ClFN3O/c1-23(2,3)25(31,18-12-29-15-30-13-18)20-9-6-16(10-21(20)26)19-8-7-17(11-22(19)27)24(4,5)14-28/h6-13,15,31H,1-5H3. The molecular weight excluding hydrogens is 413 g/mol. The van der Waals surface area contributed by atoms with Crippen LogP contribution in [-0.4, -0.2) is 15.1 Å². The van der Waals surface area contributed by atoms with Gasteiger partial charge in [0.25, 0.3) is 0 Å². The van der Waals surface area contributed by atoms with Crippen LogP contribution in [0.2, 0.25) is 5.02 Å². The molecule has 0 fully saturated rings. The van der Waals surface area contributed by atoms with E-state index in [1.807, 2.05) is 20.8 Å². The number of rotatable bonds is 4. The minimum absolute atomic E-state index is 0.305. The van der Waals surface area contributed by atoms with Crippen LogP contribution in [0, 0.1) is 22.6 Å². The number of halogens is 2. The Morgan fingerprint density at radius 3 is 2.13 bits per heavy atom. The third-order valence-electron chi connectivity index (χ3n) is 5.70. The molecule has 6 heteroatoms. The Hall–Kier alpha value is -2.81. The maximum atomic E-state index is 14.9. The predicted octanol–water partition coefficient (Wildman–Crippen LogP) is 6.02. The van der Waals surface area contributed by atoms with Crippen molar-refractivity contribution in [1.82, 2.24) is 9.97 Å². The number of benzene rings is 2. The van der Waals surface area contributed by atoms with Gasteiger partial charge >= 0.3 is 0 Å². The SMILES string of the molecule is CC(C)(C#N)c1ccc(-c2ccc(C(O)(c3cncnc3)C(C)(C)C)c(Cl)c2)c(F)c1. The van der Waals surface area contributed by atoms with Crippen LogP contribution in [-0.2, 0) is 11.0 Å². The second-order valence-corrected chi connectivity index (χ2v) is 9.62. The zero-order valence-electron chi connectivity index (χ0n) is 18.2. The molecule has 1 aromatic heterocycles. The fraction of sp³-hybridized carbons (Fsp3) is 0.320. The zero-order valence-corrected chi connectivity index (χ0v) is 19.0. The molecule has 4 nitrogen and oxygen atoms in total. The van der Waals surface area contributed by atoms with Crippen molar-refractivity contribution >= 4 is 11.6 Å². The van der Waals surface area contributed by atoms with Crippen LogP contribution in [0.3, 0.4) is 0 Å². The van der Waals surface area contributed by atoms with E-state index in [2.05, 4.69) is 16.0 Å². The van der Waals surface area contributed by atoms with E-state index in [1.165, 1.54) is 12.4 Å². The molecule has 0 amide bonds. The molecule has 1 unspecified atom stereocenters. The van der Waals surface area contributed by atoms with Gasteiger partial charge in [-0.05, 0) is 42.5 Å². The van der Waals surface area contributed by atoms with E-state index in [4.69, 9.17) is 11.6 Å². The van der Waals surface area contributed by atoms with Crippen molar-refractivity contribution in [3.05, 3.63) is 82.6 Å². The minimum atomic E-state index is -1.46. The number of aromatic nitrogens is 2. The van der Waals surface area contributed by atoms with Crippen LogP contribution in [0.25, 0.3) is 11.1 Å². The molecule has 160 valence electrons. The largest absolute Gasteiger partial charge is 0.380 e. The van der Waals surface area contributed by atoms with Crippen molar-refractivity contribution < 1.29 is 9.50 Å². The van der Waals surface area contributed by atoms with E-state index in [0.29, 0.717) is 32.8 Å². The lowest BCUT2D eigenvalue weighted by molar-refractivity contribution is -0.0264. The molecule has 0 aliphatic heterocycles. The first-order valence-electron chi connectivity index (χ1n) is 9.91. The molecular formula is C25H25ClFN3O. The third kappa shape index (κ3) is 4.06. The van der Waals surface area contributed by atoms with Crippen LogP contribution < -0.4 is 0 Å². The first-order valence-corrected chi connectivity index (χ1v) is 10.3. The molecule has 31 heavy (non-hydrogen) atoms. The summed E-state index contributed by atoms with van der Waals surface area (Å²) in [6.07, 6.45) is 4.53. The fourth-order valence-electron chi connectivity index (χ4n) is 3.66. The van der Waals surface area contributed by atoms with Crippen LogP contribution >= 0.6 is 11.6 Å². The summed E-state index contributed by atoms with van der Waals surface area (Å²) in [5.74, 6) is -0.438. The third-order valence-corrected chi connectivity index (χ3v) is 6.02.